The van der Waals surface area contributed by atoms with Gasteiger partial charge in [-0.25, -0.2) is 0 Å². The van der Waals surface area contributed by atoms with E-state index in [4.69, 9.17) is 17.3 Å². The fourth-order valence-electron chi connectivity index (χ4n) is 2.73. The zero-order valence-corrected chi connectivity index (χ0v) is 13.9. The second-order valence-corrected chi connectivity index (χ2v) is 6.68. The maximum Gasteiger partial charge on any atom is 0.0657 e. The minimum Gasteiger partial charge on any atom is -0.318 e. The smallest absolute Gasteiger partial charge is 0.0657 e. The van der Waals surface area contributed by atoms with Gasteiger partial charge in [-0.05, 0) is 41.0 Å². The normalized spacial score (nSPS) is 14.1. The summed E-state index contributed by atoms with van der Waals surface area (Å²) in [4.78, 5) is 0. The Labute approximate surface area is 137 Å². The molecule has 1 unspecified atom stereocenters. The molecule has 0 aromatic heterocycles. The Bertz CT molecular complexity index is 806. The van der Waals surface area contributed by atoms with Gasteiger partial charge in [-0.1, -0.05) is 76.1 Å². The molecule has 0 saturated carbocycles. The van der Waals surface area contributed by atoms with E-state index in [1.54, 1.807) is 0 Å². The third-order valence-electron chi connectivity index (χ3n) is 3.84. The van der Waals surface area contributed by atoms with E-state index >= 15 is 0 Å². The maximum atomic E-state index is 6.68. The van der Waals surface area contributed by atoms with Crippen LogP contribution in [0.5, 0.6) is 0 Å². The number of hydrogen-bond acceptors (Lipinski definition) is 1. The molecule has 0 bridgehead atoms. The molecule has 3 aromatic carbocycles. The highest BCUT2D eigenvalue weighted by Gasteiger charge is 2.27. The summed E-state index contributed by atoms with van der Waals surface area (Å²) in [5.74, 6) is 0. The molecule has 0 aliphatic carbocycles. The third kappa shape index (κ3) is 2.59. The molecule has 3 aromatic rings. The van der Waals surface area contributed by atoms with Gasteiger partial charge >= 0.3 is 0 Å². The van der Waals surface area contributed by atoms with Crippen molar-refractivity contribution in [2.45, 2.75) is 12.5 Å². The lowest BCUT2D eigenvalue weighted by atomic mass is 9.83. The Balaban J connectivity index is 2.25. The quantitative estimate of drug-likeness (QED) is 0.643. The van der Waals surface area contributed by atoms with Crippen LogP contribution >= 0.6 is 27.5 Å². The van der Waals surface area contributed by atoms with Crippen LogP contribution in [0.15, 0.2) is 65.1 Å². The fraction of sp³-hybridized carbons (Fsp3) is 0.111. The van der Waals surface area contributed by atoms with Gasteiger partial charge in [0.25, 0.3) is 0 Å². The number of halogens is 2. The molecule has 0 fully saturated rings. The van der Waals surface area contributed by atoms with Crippen LogP contribution in [0.1, 0.15) is 18.1 Å². The van der Waals surface area contributed by atoms with Crippen molar-refractivity contribution in [3.63, 3.8) is 0 Å². The summed E-state index contributed by atoms with van der Waals surface area (Å²) in [6.07, 6.45) is 0. The van der Waals surface area contributed by atoms with E-state index in [1.165, 1.54) is 5.39 Å². The Hall–Kier alpha value is -1.35. The Morgan fingerprint density at radius 3 is 2.43 bits per heavy atom. The average Bonchev–Trinajstić information content (AvgIpc) is 2.46. The van der Waals surface area contributed by atoms with Crippen LogP contribution in [0, 0.1) is 0 Å². The van der Waals surface area contributed by atoms with E-state index in [2.05, 4.69) is 40.2 Å². The number of benzene rings is 3. The first-order valence-electron chi connectivity index (χ1n) is 6.73. The molecule has 0 amide bonds. The summed E-state index contributed by atoms with van der Waals surface area (Å²) < 4.78 is 0.949. The van der Waals surface area contributed by atoms with Crippen molar-refractivity contribution in [1.82, 2.24) is 0 Å². The molecule has 21 heavy (non-hydrogen) atoms. The Morgan fingerprint density at radius 2 is 1.67 bits per heavy atom. The highest BCUT2D eigenvalue weighted by Crippen LogP contribution is 2.36. The van der Waals surface area contributed by atoms with Crippen molar-refractivity contribution >= 4 is 38.3 Å². The van der Waals surface area contributed by atoms with Crippen LogP contribution in [0.3, 0.4) is 0 Å². The fourth-order valence-corrected chi connectivity index (χ4v) is 3.60. The number of fused-ring (bicyclic) bond motifs is 1. The minimum absolute atomic E-state index is 0.654. The largest absolute Gasteiger partial charge is 0.318 e. The topological polar surface area (TPSA) is 26.0 Å². The first-order valence-corrected chi connectivity index (χ1v) is 7.90. The van der Waals surface area contributed by atoms with Crippen molar-refractivity contribution in [2.75, 3.05) is 0 Å². The summed E-state index contributed by atoms with van der Waals surface area (Å²) >= 11 is 9.84. The first kappa shape index (κ1) is 14.6. The van der Waals surface area contributed by atoms with E-state index in [9.17, 15) is 0 Å². The summed E-state index contributed by atoms with van der Waals surface area (Å²) in [7, 11) is 0. The molecule has 0 radical (unpaired) electrons. The molecule has 1 nitrogen and oxygen atoms in total. The predicted molar refractivity (Wildman–Crippen MR) is 93.7 cm³/mol. The van der Waals surface area contributed by atoms with Gasteiger partial charge in [0.1, 0.15) is 0 Å². The molecule has 0 spiro atoms. The lowest BCUT2D eigenvalue weighted by Crippen LogP contribution is -2.34. The van der Waals surface area contributed by atoms with Crippen LogP contribution in [0.4, 0.5) is 0 Å². The zero-order valence-electron chi connectivity index (χ0n) is 11.6. The number of rotatable bonds is 2. The van der Waals surface area contributed by atoms with Crippen molar-refractivity contribution < 1.29 is 0 Å². The SMILES string of the molecule is CC(N)(c1ccc(Br)cc1Cl)c1cccc2ccccc12. The summed E-state index contributed by atoms with van der Waals surface area (Å²) in [5.41, 5.74) is 8.02. The molecule has 106 valence electrons. The van der Waals surface area contributed by atoms with Gasteiger partial charge in [-0.2, -0.15) is 0 Å². The van der Waals surface area contributed by atoms with E-state index in [0.717, 1.165) is 21.0 Å². The Kier molecular flexibility index (Phi) is 3.78. The predicted octanol–water partition coefficient (Wildman–Crippen LogP) is 5.48. The van der Waals surface area contributed by atoms with E-state index in [-0.39, 0.29) is 0 Å². The molecule has 3 rings (SSSR count). The van der Waals surface area contributed by atoms with Crippen molar-refractivity contribution in [3.05, 3.63) is 81.3 Å². The molecule has 0 aliphatic rings. The molecular weight excluding hydrogens is 346 g/mol. The van der Waals surface area contributed by atoms with Gasteiger partial charge in [0.15, 0.2) is 0 Å². The van der Waals surface area contributed by atoms with E-state index in [0.29, 0.717) is 5.02 Å². The summed E-state index contributed by atoms with van der Waals surface area (Å²) in [5, 5.41) is 3.01. The summed E-state index contributed by atoms with van der Waals surface area (Å²) in [6.45, 7) is 2.00. The molecule has 0 heterocycles. The molecule has 3 heteroatoms. The molecular formula is C18H15BrClN. The van der Waals surface area contributed by atoms with Crippen molar-refractivity contribution in [3.8, 4) is 0 Å². The van der Waals surface area contributed by atoms with Gasteiger partial charge in [-0.15, -0.1) is 0 Å². The first-order chi connectivity index (χ1) is 10.00. The third-order valence-corrected chi connectivity index (χ3v) is 4.65. The second kappa shape index (κ2) is 5.45. The monoisotopic (exact) mass is 359 g/mol. The van der Waals surface area contributed by atoms with Crippen LogP contribution in [-0.4, -0.2) is 0 Å². The molecule has 0 aliphatic heterocycles. The van der Waals surface area contributed by atoms with Gasteiger partial charge in [0.2, 0.25) is 0 Å². The van der Waals surface area contributed by atoms with Gasteiger partial charge in [-0.3, -0.25) is 0 Å². The van der Waals surface area contributed by atoms with Crippen LogP contribution in [-0.2, 0) is 5.54 Å². The molecule has 0 saturated heterocycles. The zero-order chi connectivity index (χ0) is 15.0. The second-order valence-electron chi connectivity index (χ2n) is 5.35. The minimum atomic E-state index is -0.654. The van der Waals surface area contributed by atoms with E-state index in [1.807, 2.05) is 43.3 Å². The van der Waals surface area contributed by atoms with Gasteiger partial charge in [0.05, 0.1) is 5.54 Å². The molecule has 1 atom stereocenters. The number of nitrogens with two attached hydrogens (primary N) is 1. The highest BCUT2D eigenvalue weighted by atomic mass is 79.9. The van der Waals surface area contributed by atoms with Gasteiger partial charge in [0, 0.05) is 9.50 Å². The summed E-state index contributed by atoms with van der Waals surface area (Å²) in [6, 6.07) is 20.3. The maximum absolute atomic E-state index is 6.68. The van der Waals surface area contributed by atoms with Crippen LogP contribution in [0.25, 0.3) is 10.8 Å². The van der Waals surface area contributed by atoms with E-state index < -0.39 is 5.54 Å². The highest BCUT2D eigenvalue weighted by molar-refractivity contribution is 9.10. The van der Waals surface area contributed by atoms with Crippen LogP contribution in [0.2, 0.25) is 5.02 Å². The average molecular weight is 361 g/mol. The standard InChI is InChI=1S/C18H15BrClN/c1-18(21,16-10-9-13(19)11-17(16)20)15-8-4-6-12-5-2-3-7-14(12)15/h2-11H,21H2,1H3. The number of hydrogen-bond donors (Lipinski definition) is 1. The lowest BCUT2D eigenvalue weighted by Gasteiger charge is -2.28. The van der Waals surface area contributed by atoms with Gasteiger partial charge < -0.3 is 5.73 Å². The van der Waals surface area contributed by atoms with Crippen molar-refractivity contribution in [2.24, 2.45) is 5.73 Å². The lowest BCUT2D eigenvalue weighted by molar-refractivity contribution is 0.609. The molecule has 2 N–H and O–H groups in total. The Morgan fingerprint density at radius 1 is 0.952 bits per heavy atom. The van der Waals surface area contributed by atoms with Crippen LogP contribution < -0.4 is 5.73 Å². The van der Waals surface area contributed by atoms with Crippen molar-refractivity contribution in [1.29, 1.82) is 0 Å².